The summed E-state index contributed by atoms with van der Waals surface area (Å²) in [5.74, 6) is 0.668. The van der Waals surface area contributed by atoms with Gasteiger partial charge in [-0.15, -0.1) is 11.3 Å². The van der Waals surface area contributed by atoms with Gasteiger partial charge in [0.2, 0.25) is 0 Å². The van der Waals surface area contributed by atoms with Gasteiger partial charge in [-0.1, -0.05) is 12.1 Å². The Labute approximate surface area is 172 Å². The van der Waals surface area contributed by atoms with Crippen molar-refractivity contribution >= 4 is 34.8 Å². The van der Waals surface area contributed by atoms with Crippen LogP contribution in [0.1, 0.15) is 23.1 Å². The van der Waals surface area contributed by atoms with Crippen molar-refractivity contribution < 1.29 is 4.39 Å². The number of pyridine rings is 1. The van der Waals surface area contributed by atoms with Gasteiger partial charge in [0.05, 0.1) is 17.4 Å². The number of nitrogens with zero attached hydrogens (tertiary/aromatic N) is 3. The molecule has 8 heteroatoms. The van der Waals surface area contributed by atoms with Crippen LogP contribution in [0.25, 0.3) is 0 Å². The van der Waals surface area contributed by atoms with E-state index in [1.165, 1.54) is 24.4 Å². The van der Waals surface area contributed by atoms with Crippen LogP contribution in [0, 0.1) is 12.7 Å². The number of halogens is 1. The highest BCUT2D eigenvalue weighted by Gasteiger charge is 2.17. The van der Waals surface area contributed by atoms with E-state index in [1.54, 1.807) is 29.1 Å². The Kier molecular flexibility index (Phi) is 6.09. The van der Waals surface area contributed by atoms with Gasteiger partial charge in [0.15, 0.2) is 0 Å². The van der Waals surface area contributed by atoms with Gasteiger partial charge in [0, 0.05) is 36.0 Å². The molecule has 0 radical (unpaired) electrons. The largest absolute Gasteiger partial charge is 0.379 e. The monoisotopic (exact) mass is 415 g/mol. The summed E-state index contributed by atoms with van der Waals surface area (Å²) in [6, 6.07) is 7.36. The van der Waals surface area contributed by atoms with Gasteiger partial charge in [-0.25, -0.2) is 14.4 Å². The van der Waals surface area contributed by atoms with Gasteiger partial charge >= 0.3 is 0 Å². The van der Waals surface area contributed by atoms with Crippen molar-refractivity contribution in [1.29, 1.82) is 0 Å². The van der Waals surface area contributed by atoms with Crippen molar-refractivity contribution in [2.45, 2.75) is 31.5 Å². The van der Waals surface area contributed by atoms with E-state index in [0.717, 1.165) is 52.9 Å². The number of thiazole rings is 1. The summed E-state index contributed by atoms with van der Waals surface area (Å²) < 4.78 is 17.6. The zero-order valence-corrected chi connectivity index (χ0v) is 17.2. The smallest absolute Gasteiger partial charge is 0.147 e. The molecule has 146 valence electrons. The number of aromatic nitrogens is 2. The van der Waals surface area contributed by atoms with Crippen LogP contribution in [-0.4, -0.2) is 28.0 Å². The molecule has 28 heavy (non-hydrogen) atoms. The zero-order chi connectivity index (χ0) is 19.3. The van der Waals surface area contributed by atoms with Crippen LogP contribution < -0.4 is 10.0 Å². The fourth-order valence-corrected chi connectivity index (χ4v) is 4.27. The molecule has 3 heterocycles. The molecule has 1 saturated heterocycles. The van der Waals surface area contributed by atoms with Gasteiger partial charge in [-0.2, -0.15) is 0 Å². The molecule has 0 amide bonds. The average Bonchev–Trinajstić information content (AvgIpc) is 3.17. The quantitative estimate of drug-likeness (QED) is 0.509. The lowest BCUT2D eigenvalue weighted by molar-refractivity contribution is 0.172. The summed E-state index contributed by atoms with van der Waals surface area (Å²) in [5.41, 5.74) is 5.55. The molecule has 0 bridgehead atoms. The molecule has 0 aliphatic carbocycles. The SMILES string of the molecule is Cc1cc(SNc2cscn2)ncc1NCc1c(F)cccc1CN1CCC1. The minimum atomic E-state index is -0.157. The van der Waals surface area contributed by atoms with Crippen LogP contribution in [0.4, 0.5) is 15.9 Å². The van der Waals surface area contributed by atoms with E-state index in [2.05, 4.69) is 24.9 Å². The summed E-state index contributed by atoms with van der Waals surface area (Å²) in [4.78, 5) is 11.0. The lowest BCUT2D eigenvalue weighted by Crippen LogP contribution is -2.36. The number of rotatable bonds is 8. The van der Waals surface area contributed by atoms with Crippen molar-refractivity contribution in [2.75, 3.05) is 23.1 Å². The third kappa shape index (κ3) is 4.63. The van der Waals surface area contributed by atoms with Crippen LogP contribution >= 0.6 is 23.3 Å². The molecule has 1 fully saturated rings. The van der Waals surface area contributed by atoms with Crippen LogP contribution in [0.2, 0.25) is 0 Å². The summed E-state index contributed by atoms with van der Waals surface area (Å²) in [7, 11) is 0. The molecule has 3 aromatic rings. The summed E-state index contributed by atoms with van der Waals surface area (Å²) in [5, 5.41) is 6.16. The molecule has 1 aliphatic heterocycles. The standard InChI is InChI=1S/C20H22FN5S2/c1-14-8-20(28-25-19-12-27-13-24-19)23-10-18(14)22-9-16-15(4-2-5-17(16)21)11-26-6-3-7-26/h2,4-5,8,10,12-13,22,25H,3,6-7,9,11H2,1H3. The lowest BCUT2D eigenvalue weighted by Gasteiger charge is -2.31. The van der Waals surface area contributed by atoms with Crippen LogP contribution in [0.3, 0.4) is 0 Å². The minimum Gasteiger partial charge on any atom is -0.379 e. The molecular formula is C20H22FN5S2. The molecular weight excluding hydrogens is 393 g/mol. The van der Waals surface area contributed by atoms with Crippen molar-refractivity contribution in [3.05, 3.63) is 63.9 Å². The first-order valence-corrected chi connectivity index (χ1v) is 10.9. The van der Waals surface area contributed by atoms with Crippen molar-refractivity contribution in [1.82, 2.24) is 14.9 Å². The summed E-state index contributed by atoms with van der Waals surface area (Å²) >= 11 is 2.97. The Balaban J connectivity index is 1.40. The van der Waals surface area contributed by atoms with Gasteiger partial charge < -0.3 is 10.0 Å². The zero-order valence-electron chi connectivity index (χ0n) is 15.6. The molecule has 1 aromatic carbocycles. The maximum Gasteiger partial charge on any atom is 0.147 e. The van der Waals surface area contributed by atoms with Gasteiger partial charge in [0.25, 0.3) is 0 Å². The predicted molar refractivity (Wildman–Crippen MR) is 114 cm³/mol. The lowest BCUT2D eigenvalue weighted by atomic mass is 10.0. The average molecular weight is 416 g/mol. The molecule has 2 N–H and O–H groups in total. The molecule has 0 saturated carbocycles. The Morgan fingerprint density at radius 1 is 1.29 bits per heavy atom. The fourth-order valence-electron chi connectivity index (χ4n) is 3.05. The van der Waals surface area contributed by atoms with Crippen molar-refractivity contribution in [2.24, 2.45) is 0 Å². The highest BCUT2D eigenvalue weighted by atomic mass is 32.2. The third-order valence-electron chi connectivity index (χ3n) is 4.79. The molecule has 0 unspecified atom stereocenters. The Hall–Kier alpha value is -2.16. The second-order valence-electron chi connectivity index (χ2n) is 6.78. The van der Waals surface area contributed by atoms with E-state index in [-0.39, 0.29) is 5.82 Å². The molecule has 4 rings (SSSR count). The molecule has 2 aromatic heterocycles. The normalized spacial score (nSPS) is 13.9. The van der Waals surface area contributed by atoms with Crippen molar-refractivity contribution in [3.8, 4) is 0 Å². The predicted octanol–water partition coefficient (Wildman–Crippen LogP) is 4.92. The van der Waals surface area contributed by atoms with Gasteiger partial charge in [-0.3, -0.25) is 4.90 Å². The molecule has 0 spiro atoms. The molecule has 0 atom stereocenters. The topological polar surface area (TPSA) is 53.1 Å². The van der Waals surface area contributed by atoms with E-state index in [4.69, 9.17) is 0 Å². The number of likely N-dealkylation sites (tertiary alicyclic amines) is 1. The first-order chi connectivity index (χ1) is 13.7. The van der Waals surface area contributed by atoms with Crippen molar-refractivity contribution in [3.63, 3.8) is 0 Å². The highest BCUT2D eigenvalue weighted by Crippen LogP contribution is 2.25. The first kappa shape index (κ1) is 19.2. The number of benzene rings is 1. The number of hydrogen-bond donors (Lipinski definition) is 2. The fraction of sp³-hybridized carbons (Fsp3) is 0.300. The third-order valence-corrected chi connectivity index (χ3v) is 6.12. The Bertz CT molecular complexity index is 928. The van der Waals surface area contributed by atoms with E-state index < -0.39 is 0 Å². The maximum atomic E-state index is 14.4. The van der Waals surface area contributed by atoms with Crippen LogP contribution in [0.15, 0.2) is 46.4 Å². The Morgan fingerprint density at radius 3 is 2.89 bits per heavy atom. The van der Waals surface area contributed by atoms with E-state index >= 15 is 0 Å². The second-order valence-corrected chi connectivity index (χ2v) is 8.32. The first-order valence-electron chi connectivity index (χ1n) is 9.19. The number of aryl methyl sites for hydroxylation is 1. The van der Waals surface area contributed by atoms with Crippen LogP contribution in [0.5, 0.6) is 0 Å². The van der Waals surface area contributed by atoms with E-state index in [0.29, 0.717) is 6.54 Å². The number of nitrogens with one attached hydrogen (secondary N) is 2. The van der Waals surface area contributed by atoms with Crippen LogP contribution in [-0.2, 0) is 13.1 Å². The highest BCUT2D eigenvalue weighted by molar-refractivity contribution is 8.00. The van der Waals surface area contributed by atoms with Gasteiger partial charge in [-0.05, 0) is 49.7 Å². The van der Waals surface area contributed by atoms with E-state index in [1.807, 2.05) is 24.4 Å². The summed E-state index contributed by atoms with van der Waals surface area (Å²) in [6.45, 7) is 5.48. The Morgan fingerprint density at radius 2 is 2.18 bits per heavy atom. The molecule has 5 nitrogen and oxygen atoms in total. The number of anilines is 2. The van der Waals surface area contributed by atoms with Gasteiger partial charge in [0.1, 0.15) is 16.7 Å². The second kappa shape index (κ2) is 8.89. The number of hydrogen-bond acceptors (Lipinski definition) is 7. The maximum absolute atomic E-state index is 14.4. The van der Waals surface area contributed by atoms with E-state index in [9.17, 15) is 4.39 Å². The minimum absolute atomic E-state index is 0.157. The summed E-state index contributed by atoms with van der Waals surface area (Å²) in [6.07, 6.45) is 3.03. The molecule has 1 aliphatic rings.